The molecule has 1 aliphatic rings. The summed E-state index contributed by atoms with van der Waals surface area (Å²) in [4.78, 5) is 13.1. The third-order valence-corrected chi connectivity index (χ3v) is 10.5. The minimum atomic E-state index is -1.41. The molecule has 0 saturated heterocycles. The summed E-state index contributed by atoms with van der Waals surface area (Å²) in [6, 6.07) is 30.8. The SMILES string of the molecule is COc1ccccc1SNC1=NC(Cl)(Sc2ccccc2OC)NC(N(Sc2ccccc2OC)Sc2ccccc2OC)=N1. The third kappa shape index (κ3) is 8.41. The number of methoxy groups -OCH3 is 4. The van der Waals surface area contributed by atoms with Crippen LogP contribution in [-0.4, -0.2) is 48.5 Å². The quantitative estimate of drug-likeness (QED) is 0.0857. The van der Waals surface area contributed by atoms with E-state index in [4.69, 9.17) is 40.5 Å². The van der Waals surface area contributed by atoms with E-state index >= 15 is 0 Å². The number of alkyl halides is 1. The Kier molecular flexibility index (Phi) is 11.5. The van der Waals surface area contributed by atoms with Crippen molar-refractivity contribution >= 4 is 71.1 Å². The maximum atomic E-state index is 7.29. The molecule has 0 bridgehead atoms. The summed E-state index contributed by atoms with van der Waals surface area (Å²) in [5, 5.41) is 3.36. The van der Waals surface area contributed by atoms with Gasteiger partial charge in [0.05, 0.1) is 48.0 Å². The van der Waals surface area contributed by atoms with Gasteiger partial charge in [0.2, 0.25) is 11.9 Å². The highest BCUT2D eigenvalue weighted by Crippen LogP contribution is 2.45. The number of aliphatic imine (C=N–C) groups is 2. The number of rotatable bonds is 12. The second-order valence-electron chi connectivity index (χ2n) is 8.91. The molecule has 9 nitrogen and oxygen atoms in total. The molecule has 0 aromatic heterocycles. The van der Waals surface area contributed by atoms with Gasteiger partial charge in [0.15, 0.2) is 0 Å². The smallest absolute Gasteiger partial charge is 0.265 e. The molecule has 1 heterocycles. The van der Waals surface area contributed by atoms with Gasteiger partial charge in [-0.15, -0.1) is 0 Å². The van der Waals surface area contributed by atoms with Crippen molar-refractivity contribution in [1.82, 2.24) is 13.7 Å². The van der Waals surface area contributed by atoms with Crippen LogP contribution in [0, 0.1) is 0 Å². The maximum absolute atomic E-state index is 7.29. The van der Waals surface area contributed by atoms with Gasteiger partial charge in [-0.05, 0) is 60.5 Å². The van der Waals surface area contributed by atoms with Crippen LogP contribution in [0.2, 0.25) is 0 Å². The van der Waals surface area contributed by atoms with Crippen molar-refractivity contribution in [3.05, 3.63) is 97.1 Å². The van der Waals surface area contributed by atoms with Gasteiger partial charge in [-0.2, -0.15) is 9.98 Å². The minimum Gasteiger partial charge on any atom is -0.496 e. The summed E-state index contributed by atoms with van der Waals surface area (Å²) in [5.41, 5.74) is 0. The molecule has 234 valence electrons. The molecule has 4 aromatic carbocycles. The van der Waals surface area contributed by atoms with Crippen molar-refractivity contribution in [2.45, 2.75) is 24.0 Å². The average Bonchev–Trinajstić information content (AvgIpc) is 3.07. The fourth-order valence-electron chi connectivity index (χ4n) is 3.96. The second-order valence-corrected chi connectivity index (χ2v) is 14.0. The van der Waals surface area contributed by atoms with Gasteiger partial charge in [0.1, 0.15) is 23.0 Å². The van der Waals surface area contributed by atoms with Gasteiger partial charge >= 0.3 is 0 Å². The summed E-state index contributed by atoms with van der Waals surface area (Å²) in [6.45, 7) is 0. The Bertz CT molecular complexity index is 1630. The Balaban J connectivity index is 1.55. The van der Waals surface area contributed by atoms with E-state index in [0.29, 0.717) is 34.9 Å². The molecule has 0 spiro atoms. The first kappa shape index (κ1) is 32.9. The monoisotopic (exact) mass is 699 g/mol. The first-order chi connectivity index (χ1) is 21.9. The molecule has 1 aliphatic heterocycles. The summed E-state index contributed by atoms with van der Waals surface area (Å²) >= 11 is 12.7. The van der Waals surface area contributed by atoms with E-state index < -0.39 is 4.45 Å². The Labute approximate surface area is 284 Å². The largest absolute Gasteiger partial charge is 0.496 e. The summed E-state index contributed by atoms with van der Waals surface area (Å²) in [7, 11) is 6.54. The molecule has 0 amide bonds. The Morgan fingerprint density at radius 1 is 0.644 bits per heavy atom. The van der Waals surface area contributed by atoms with E-state index in [1.54, 1.807) is 28.4 Å². The third-order valence-electron chi connectivity index (χ3n) is 6.04. The predicted octanol–water partition coefficient (Wildman–Crippen LogP) is 7.99. The lowest BCUT2D eigenvalue weighted by molar-refractivity contribution is 0.404. The highest BCUT2D eigenvalue weighted by Gasteiger charge is 2.37. The van der Waals surface area contributed by atoms with Crippen molar-refractivity contribution in [3.8, 4) is 23.0 Å². The fraction of sp³-hybridized carbons (Fsp3) is 0.161. The number of nitrogens with one attached hydrogen (secondary N) is 2. The summed E-state index contributed by atoms with van der Waals surface area (Å²) in [5.74, 6) is 3.53. The van der Waals surface area contributed by atoms with Gasteiger partial charge in [0.25, 0.3) is 4.45 Å². The standard InChI is InChI=1S/C31H30ClN5O4S4/c1-38-21-13-5-9-17-25(21)42-31(32)34-29(36-43-26-18-10-6-14-22(26)39-2)33-30(35-31)37(44-27-19-11-7-15-23(27)40-3)45-28-20-12-8-16-24(28)41-4/h5-20H,1-4H3,(H2,33,34,35,36). The molecule has 14 heteroatoms. The zero-order valence-corrected chi connectivity index (χ0v) is 28.7. The van der Waals surface area contributed by atoms with Crippen LogP contribution in [-0.2, 0) is 0 Å². The molecule has 0 fully saturated rings. The molecule has 0 saturated carbocycles. The van der Waals surface area contributed by atoms with Gasteiger partial charge in [-0.1, -0.05) is 71.9 Å². The predicted molar refractivity (Wildman–Crippen MR) is 187 cm³/mol. The number of benzene rings is 4. The Hall–Kier alpha value is -3.49. The number of para-hydroxylation sites is 4. The number of nitrogens with zero attached hydrogens (tertiary/aromatic N) is 3. The molecule has 0 aliphatic carbocycles. The molecule has 45 heavy (non-hydrogen) atoms. The van der Waals surface area contributed by atoms with E-state index in [1.807, 2.05) is 101 Å². The van der Waals surface area contributed by atoms with Gasteiger partial charge in [0, 0.05) is 23.9 Å². The molecule has 4 aromatic rings. The summed E-state index contributed by atoms with van der Waals surface area (Å²) < 4.78 is 26.3. The van der Waals surface area contributed by atoms with Gasteiger partial charge in [-0.3, -0.25) is 4.72 Å². The van der Waals surface area contributed by atoms with Crippen LogP contribution in [0.25, 0.3) is 0 Å². The fourth-order valence-corrected chi connectivity index (χ4v) is 8.13. The zero-order chi connectivity index (χ0) is 31.6. The first-order valence-corrected chi connectivity index (χ1v) is 17.0. The van der Waals surface area contributed by atoms with E-state index in [9.17, 15) is 0 Å². The lowest BCUT2D eigenvalue weighted by atomic mass is 10.3. The molecule has 1 atom stereocenters. The van der Waals surface area contributed by atoms with Crippen molar-refractivity contribution in [2.75, 3.05) is 28.4 Å². The Morgan fingerprint density at radius 3 is 1.58 bits per heavy atom. The van der Waals surface area contributed by atoms with Crippen LogP contribution < -0.4 is 29.0 Å². The molecule has 5 rings (SSSR count). The lowest BCUT2D eigenvalue weighted by Gasteiger charge is -2.33. The van der Waals surface area contributed by atoms with Crippen LogP contribution in [0.1, 0.15) is 0 Å². The highest BCUT2D eigenvalue weighted by atomic mass is 35.5. The molecular weight excluding hydrogens is 670 g/mol. The normalized spacial score (nSPS) is 15.7. The summed E-state index contributed by atoms with van der Waals surface area (Å²) in [6.07, 6.45) is 0. The van der Waals surface area contributed by atoms with E-state index in [0.717, 1.165) is 19.6 Å². The van der Waals surface area contributed by atoms with E-state index in [2.05, 4.69) is 10.0 Å². The molecule has 1 unspecified atom stereocenters. The van der Waals surface area contributed by atoms with Crippen molar-refractivity contribution < 1.29 is 18.9 Å². The lowest BCUT2D eigenvalue weighted by Crippen LogP contribution is -2.49. The molecule has 2 N–H and O–H groups in total. The van der Waals surface area contributed by atoms with Crippen LogP contribution in [0.5, 0.6) is 23.0 Å². The van der Waals surface area contributed by atoms with Crippen molar-refractivity contribution in [3.63, 3.8) is 0 Å². The zero-order valence-electron chi connectivity index (χ0n) is 24.7. The topological polar surface area (TPSA) is 88.9 Å². The number of hydrogen-bond donors (Lipinski definition) is 2. The number of ether oxygens (including phenoxy) is 4. The Morgan fingerprint density at radius 2 is 1.07 bits per heavy atom. The highest BCUT2D eigenvalue weighted by molar-refractivity contribution is 8.13. The van der Waals surface area contributed by atoms with Gasteiger partial charge < -0.3 is 24.3 Å². The van der Waals surface area contributed by atoms with Crippen molar-refractivity contribution in [1.29, 1.82) is 0 Å². The number of hydrogen-bond acceptors (Lipinski definition) is 13. The molecular formula is C31H30ClN5O4S4. The number of guanidine groups is 2. The van der Waals surface area contributed by atoms with E-state index in [-0.39, 0.29) is 0 Å². The number of thioether (sulfide) groups is 1. The molecule has 0 radical (unpaired) electrons. The van der Waals surface area contributed by atoms with E-state index in [1.165, 1.54) is 47.6 Å². The van der Waals surface area contributed by atoms with Crippen LogP contribution >= 0.6 is 59.2 Å². The van der Waals surface area contributed by atoms with Crippen LogP contribution in [0.15, 0.2) is 127 Å². The van der Waals surface area contributed by atoms with Crippen LogP contribution in [0.4, 0.5) is 0 Å². The maximum Gasteiger partial charge on any atom is 0.265 e. The number of halogens is 1. The average molecular weight is 700 g/mol. The van der Waals surface area contributed by atoms with Crippen molar-refractivity contribution in [2.24, 2.45) is 9.98 Å². The first-order valence-electron chi connectivity index (χ1n) is 13.4. The minimum absolute atomic E-state index is 0.295. The van der Waals surface area contributed by atoms with Gasteiger partial charge in [-0.25, -0.2) is 3.71 Å². The second kappa shape index (κ2) is 15.7. The van der Waals surface area contributed by atoms with Crippen LogP contribution in [0.3, 0.4) is 0 Å².